The summed E-state index contributed by atoms with van der Waals surface area (Å²) in [5.41, 5.74) is 1.80. The Hall–Kier alpha value is -2.34. The highest BCUT2D eigenvalue weighted by Crippen LogP contribution is 2.60. The maximum atomic E-state index is 12.9. The lowest BCUT2D eigenvalue weighted by molar-refractivity contribution is -0.145. The van der Waals surface area contributed by atoms with E-state index in [0.29, 0.717) is 12.3 Å². The van der Waals surface area contributed by atoms with Gasteiger partial charge in [0.15, 0.2) is 0 Å². The van der Waals surface area contributed by atoms with Crippen molar-refractivity contribution in [3.05, 3.63) is 60.2 Å². The summed E-state index contributed by atoms with van der Waals surface area (Å²) >= 11 is 3.64. The van der Waals surface area contributed by atoms with Crippen molar-refractivity contribution in [3.8, 4) is 5.75 Å². The second-order valence-corrected chi connectivity index (χ2v) is 8.81. The summed E-state index contributed by atoms with van der Waals surface area (Å²) in [5.74, 6) is 0.129. The van der Waals surface area contributed by atoms with E-state index in [0.717, 1.165) is 17.7 Å². The molecule has 2 aromatic rings. The molecule has 144 valence electrons. The minimum atomic E-state index is -0.324. The van der Waals surface area contributed by atoms with Crippen LogP contribution in [0.1, 0.15) is 12.0 Å². The average Bonchev–Trinajstić information content (AvgIpc) is 3.32. The first kappa shape index (κ1) is 17.7. The molecule has 5 nitrogen and oxygen atoms in total. The smallest absolute Gasteiger partial charge is 0.310 e. The Kier molecular flexibility index (Phi) is 4.38. The van der Waals surface area contributed by atoms with Crippen LogP contribution < -0.4 is 10.1 Å². The van der Waals surface area contributed by atoms with Crippen molar-refractivity contribution in [1.82, 2.24) is 0 Å². The number of nitrogens with one attached hydrogen (secondary N) is 1. The zero-order valence-corrected chi connectivity index (χ0v) is 16.7. The number of anilines is 1. The molecular formula is C22H20BrNO4. The molecule has 2 aromatic carbocycles. The van der Waals surface area contributed by atoms with Crippen molar-refractivity contribution >= 4 is 33.5 Å². The number of halogens is 1. The number of alkyl halides is 1. The van der Waals surface area contributed by atoms with Crippen molar-refractivity contribution in [3.63, 3.8) is 0 Å². The van der Waals surface area contributed by atoms with Crippen molar-refractivity contribution in [2.24, 2.45) is 23.7 Å². The number of fused-ring (bicyclic) bond motifs is 1. The van der Waals surface area contributed by atoms with Crippen LogP contribution in [-0.4, -0.2) is 22.8 Å². The van der Waals surface area contributed by atoms with Crippen molar-refractivity contribution in [2.45, 2.75) is 24.0 Å². The van der Waals surface area contributed by atoms with Gasteiger partial charge in [-0.15, -0.1) is 0 Å². The molecule has 6 unspecified atom stereocenters. The Morgan fingerprint density at radius 1 is 1.11 bits per heavy atom. The highest BCUT2D eigenvalue weighted by Gasteiger charge is 2.67. The zero-order chi connectivity index (χ0) is 19.3. The molecule has 2 bridgehead atoms. The fourth-order valence-corrected chi connectivity index (χ4v) is 5.98. The first-order chi connectivity index (χ1) is 13.6. The van der Waals surface area contributed by atoms with Gasteiger partial charge in [0.25, 0.3) is 0 Å². The molecule has 1 N–H and O–H groups in total. The van der Waals surface area contributed by atoms with Crippen LogP contribution >= 0.6 is 15.9 Å². The predicted molar refractivity (Wildman–Crippen MR) is 107 cm³/mol. The van der Waals surface area contributed by atoms with Gasteiger partial charge in [-0.1, -0.05) is 46.3 Å². The molecule has 0 radical (unpaired) electrons. The summed E-state index contributed by atoms with van der Waals surface area (Å²) in [6.45, 7) is 0.495. The van der Waals surface area contributed by atoms with Crippen LogP contribution in [0.3, 0.4) is 0 Å². The van der Waals surface area contributed by atoms with Crippen LogP contribution in [0.15, 0.2) is 54.6 Å². The van der Waals surface area contributed by atoms with Gasteiger partial charge in [0, 0.05) is 11.6 Å². The second-order valence-electron chi connectivity index (χ2n) is 7.75. The van der Waals surface area contributed by atoms with Gasteiger partial charge >= 0.3 is 5.97 Å². The molecule has 2 saturated carbocycles. The van der Waals surface area contributed by atoms with E-state index in [2.05, 4.69) is 21.2 Å². The Morgan fingerprint density at radius 2 is 1.86 bits per heavy atom. The molecule has 0 aromatic heterocycles. The number of rotatable bonds is 5. The molecule has 3 aliphatic rings. The number of carbonyl (C=O) groups is 2. The van der Waals surface area contributed by atoms with Crippen molar-refractivity contribution in [1.29, 1.82) is 0 Å². The molecule has 1 amide bonds. The van der Waals surface area contributed by atoms with Crippen LogP contribution in [0.4, 0.5) is 5.69 Å². The van der Waals surface area contributed by atoms with E-state index in [9.17, 15) is 9.59 Å². The van der Waals surface area contributed by atoms with E-state index in [4.69, 9.17) is 9.47 Å². The van der Waals surface area contributed by atoms with E-state index < -0.39 is 0 Å². The molecule has 6 atom stereocenters. The summed E-state index contributed by atoms with van der Waals surface area (Å²) in [5, 5.41) is 2.97. The van der Waals surface area contributed by atoms with Crippen LogP contribution in [0, 0.1) is 23.7 Å². The Morgan fingerprint density at radius 3 is 2.61 bits per heavy atom. The number of hydrogen-bond acceptors (Lipinski definition) is 4. The topological polar surface area (TPSA) is 64.6 Å². The molecular weight excluding hydrogens is 422 g/mol. The standard InChI is InChI=1S/C22H20BrNO4/c23-19-15-10-16-18(22(26)28-20(16)19)17(15)21(25)24-13-6-8-14(9-7-13)27-11-12-4-2-1-3-5-12/h1-9,15-20H,10-11H2,(H,24,25). The van der Waals surface area contributed by atoms with Crippen molar-refractivity contribution in [2.75, 3.05) is 5.32 Å². The minimum absolute atomic E-state index is 0.0624. The summed E-state index contributed by atoms with van der Waals surface area (Å²) in [6, 6.07) is 17.3. The van der Waals surface area contributed by atoms with Gasteiger partial charge < -0.3 is 14.8 Å². The first-order valence-electron chi connectivity index (χ1n) is 9.54. The summed E-state index contributed by atoms with van der Waals surface area (Å²) in [4.78, 5) is 25.2. The third-order valence-electron chi connectivity index (χ3n) is 6.20. The SMILES string of the molecule is O=C(Nc1ccc(OCc2ccccc2)cc1)C1C2CC3C(OC(=O)C31)C2Br. The van der Waals surface area contributed by atoms with Gasteiger partial charge in [-0.05, 0) is 42.2 Å². The van der Waals surface area contributed by atoms with Crippen LogP contribution in [0.25, 0.3) is 0 Å². The number of amides is 1. The average molecular weight is 442 g/mol. The number of hydrogen-bond donors (Lipinski definition) is 1. The van der Waals surface area contributed by atoms with Crippen LogP contribution in [-0.2, 0) is 20.9 Å². The third-order valence-corrected chi connectivity index (χ3v) is 7.40. The normalized spacial score (nSPS) is 32.2. The van der Waals surface area contributed by atoms with Crippen molar-refractivity contribution < 1.29 is 19.1 Å². The predicted octanol–water partition coefficient (Wildman–Crippen LogP) is 3.78. The van der Waals surface area contributed by atoms with Gasteiger partial charge in [-0.25, -0.2) is 0 Å². The van der Waals surface area contributed by atoms with Gasteiger partial charge in [0.1, 0.15) is 18.5 Å². The fraction of sp³-hybridized carbons (Fsp3) is 0.364. The number of carbonyl (C=O) groups excluding carboxylic acids is 2. The maximum absolute atomic E-state index is 12.9. The molecule has 6 heteroatoms. The van der Waals surface area contributed by atoms with E-state index in [1.165, 1.54) is 0 Å². The monoisotopic (exact) mass is 441 g/mol. The van der Waals surface area contributed by atoms with E-state index >= 15 is 0 Å². The largest absolute Gasteiger partial charge is 0.489 e. The highest BCUT2D eigenvalue weighted by molar-refractivity contribution is 9.09. The first-order valence-corrected chi connectivity index (χ1v) is 10.5. The summed E-state index contributed by atoms with van der Waals surface area (Å²) < 4.78 is 11.3. The Labute approximate surface area is 171 Å². The van der Waals surface area contributed by atoms with Gasteiger partial charge in [-0.3, -0.25) is 9.59 Å². The van der Waals surface area contributed by atoms with Crippen LogP contribution in [0.5, 0.6) is 5.75 Å². The maximum Gasteiger partial charge on any atom is 0.310 e. The molecule has 1 heterocycles. The molecule has 28 heavy (non-hydrogen) atoms. The van der Waals surface area contributed by atoms with Gasteiger partial charge in [0.2, 0.25) is 5.91 Å². The number of ether oxygens (including phenoxy) is 2. The van der Waals surface area contributed by atoms with E-state index in [1.807, 2.05) is 54.6 Å². The fourth-order valence-electron chi connectivity index (χ4n) is 4.93. The lowest BCUT2D eigenvalue weighted by atomic mass is 9.79. The molecule has 1 aliphatic heterocycles. The molecule has 5 rings (SSSR count). The Balaban J connectivity index is 1.23. The lowest BCUT2D eigenvalue weighted by Crippen LogP contribution is -2.40. The summed E-state index contributed by atoms with van der Waals surface area (Å²) in [6.07, 6.45) is 0.814. The van der Waals surface area contributed by atoms with E-state index in [-0.39, 0.29) is 46.5 Å². The quantitative estimate of drug-likeness (QED) is 0.566. The van der Waals surface area contributed by atoms with Gasteiger partial charge in [0.05, 0.1) is 16.7 Å². The summed E-state index contributed by atoms with van der Waals surface area (Å²) in [7, 11) is 0. The third kappa shape index (κ3) is 2.91. The number of benzene rings is 2. The molecule has 0 spiro atoms. The lowest BCUT2D eigenvalue weighted by Gasteiger charge is -2.27. The van der Waals surface area contributed by atoms with Gasteiger partial charge in [-0.2, -0.15) is 0 Å². The minimum Gasteiger partial charge on any atom is -0.489 e. The molecule has 2 aliphatic carbocycles. The molecule has 1 saturated heterocycles. The molecule has 3 fully saturated rings. The number of esters is 1. The highest BCUT2D eigenvalue weighted by atomic mass is 79.9. The Bertz CT molecular complexity index is 901. The zero-order valence-electron chi connectivity index (χ0n) is 15.1. The van der Waals surface area contributed by atoms with Crippen LogP contribution in [0.2, 0.25) is 0 Å². The van der Waals surface area contributed by atoms with E-state index in [1.54, 1.807) is 0 Å². The second kappa shape index (κ2) is 6.92.